The Kier molecular flexibility index (Phi) is 4.86. The van der Waals surface area contributed by atoms with Crippen LogP contribution in [0, 0.1) is 0 Å². The molecule has 2 unspecified atom stereocenters. The van der Waals surface area contributed by atoms with Crippen molar-refractivity contribution in [2.75, 3.05) is 6.54 Å². The van der Waals surface area contributed by atoms with Crippen molar-refractivity contribution in [3.63, 3.8) is 0 Å². The molecular formula is C13H16F2N2O3. The van der Waals surface area contributed by atoms with Gasteiger partial charge in [-0.2, -0.15) is 8.78 Å². The van der Waals surface area contributed by atoms with Crippen LogP contribution >= 0.6 is 0 Å². The van der Waals surface area contributed by atoms with Gasteiger partial charge in [-0.15, -0.1) is 0 Å². The molecule has 0 aliphatic carbocycles. The molecule has 1 heterocycles. The second-order valence-electron chi connectivity index (χ2n) is 4.59. The number of β-amino-alcohol motifs (C(OH)–C–C–N with tert-alkyl or cyclic N) is 1. The van der Waals surface area contributed by atoms with E-state index >= 15 is 0 Å². The summed E-state index contributed by atoms with van der Waals surface area (Å²) in [7, 11) is 0. The topological polar surface area (TPSA) is 70.6 Å². The lowest BCUT2D eigenvalue weighted by molar-refractivity contribution is -0.123. The van der Waals surface area contributed by atoms with Crippen molar-refractivity contribution in [3.05, 3.63) is 29.8 Å². The van der Waals surface area contributed by atoms with Gasteiger partial charge in [0.05, 0.1) is 12.1 Å². The van der Waals surface area contributed by atoms with E-state index in [2.05, 4.69) is 15.4 Å². The van der Waals surface area contributed by atoms with Gasteiger partial charge < -0.3 is 20.5 Å². The summed E-state index contributed by atoms with van der Waals surface area (Å²) < 4.78 is 28.5. The Morgan fingerprint density at radius 3 is 3.00 bits per heavy atom. The number of hydrogen-bond donors (Lipinski definition) is 3. The number of alkyl halides is 2. The van der Waals surface area contributed by atoms with Crippen LogP contribution in [0.2, 0.25) is 0 Å². The average Bonchev–Trinajstić information content (AvgIpc) is 2.82. The van der Waals surface area contributed by atoms with Gasteiger partial charge in [0.1, 0.15) is 5.75 Å². The molecule has 1 aliphatic rings. The monoisotopic (exact) mass is 286 g/mol. The highest BCUT2D eigenvalue weighted by Gasteiger charge is 2.27. The van der Waals surface area contributed by atoms with Gasteiger partial charge in [0.25, 0.3) is 0 Å². The van der Waals surface area contributed by atoms with Crippen molar-refractivity contribution in [1.29, 1.82) is 0 Å². The van der Waals surface area contributed by atoms with Gasteiger partial charge in [-0.25, -0.2) is 0 Å². The molecule has 2 atom stereocenters. The van der Waals surface area contributed by atoms with Gasteiger partial charge in [0.2, 0.25) is 5.91 Å². The highest BCUT2D eigenvalue weighted by atomic mass is 19.3. The van der Waals surface area contributed by atoms with Crippen molar-refractivity contribution in [1.82, 2.24) is 10.6 Å². The highest BCUT2D eigenvalue weighted by molar-refractivity contribution is 5.82. The van der Waals surface area contributed by atoms with E-state index < -0.39 is 18.8 Å². The predicted molar refractivity (Wildman–Crippen MR) is 67.3 cm³/mol. The van der Waals surface area contributed by atoms with E-state index in [1.54, 1.807) is 12.1 Å². The second-order valence-corrected chi connectivity index (χ2v) is 4.59. The van der Waals surface area contributed by atoms with Gasteiger partial charge in [0.15, 0.2) is 0 Å². The summed E-state index contributed by atoms with van der Waals surface area (Å²) in [6.07, 6.45) is -0.131. The van der Waals surface area contributed by atoms with E-state index in [1.807, 2.05) is 0 Å². The zero-order valence-electron chi connectivity index (χ0n) is 10.7. The van der Waals surface area contributed by atoms with Gasteiger partial charge in [-0.05, 0) is 24.1 Å². The third-order valence-electron chi connectivity index (χ3n) is 3.01. The molecule has 1 aromatic carbocycles. The molecule has 110 valence electrons. The molecule has 0 saturated carbocycles. The Morgan fingerprint density at radius 1 is 1.55 bits per heavy atom. The van der Waals surface area contributed by atoms with Crippen molar-refractivity contribution in [3.8, 4) is 5.75 Å². The lowest BCUT2D eigenvalue weighted by atomic mass is 10.1. The summed E-state index contributed by atoms with van der Waals surface area (Å²) >= 11 is 0. The fourth-order valence-electron chi connectivity index (χ4n) is 2.06. The molecule has 1 aromatic rings. The molecule has 5 nitrogen and oxygen atoms in total. The normalized spacial score (nSPS) is 22.0. The number of carbonyl (C=O) groups excluding carboxylic acids is 1. The van der Waals surface area contributed by atoms with Crippen molar-refractivity contribution in [2.45, 2.75) is 31.7 Å². The lowest BCUT2D eigenvalue weighted by Crippen LogP contribution is -2.40. The first-order valence-corrected chi connectivity index (χ1v) is 6.27. The number of aliphatic hydroxyl groups is 1. The zero-order valence-corrected chi connectivity index (χ0v) is 10.7. The molecule has 1 aliphatic heterocycles. The van der Waals surface area contributed by atoms with Gasteiger partial charge in [-0.1, -0.05) is 12.1 Å². The van der Waals surface area contributed by atoms with Crippen LogP contribution in [0.5, 0.6) is 5.75 Å². The summed E-state index contributed by atoms with van der Waals surface area (Å²) in [6.45, 7) is -2.26. The fourth-order valence-corrected chi connectivity index (χ4v) is 2.06. The van der Waals surface area contributed by atoms with Crippen LogP contribution in [0.4, 0.5) is 8.78 Å². The molecule has 0 aromatic heterocycles. The molecule has 0 spiro atoms. The Balaban J connectivity index is 1.85. The lowest BCUT2D eigenvalue weighted by Gasteiger charge is -2.12. The van der Waals surface area contributed by atoms with Crippen molar-refractivity contribution >= 4 is 5.91 Å². The maximum atomic E-state index is 12.1. The van der Waals surface area contributed by atoms with Gasteiger partial charge in [0, 0.05) is 13.1 Å². The van der Waals surface area contributed by atoms with Crippen LogP contribution in [0.15, 0.2) is 24.3 Å². The maximum absolute atomic E-state index is 12.1. The van der Waals surface area contributed by atoms with Gasteiger partial charge in [-0.3, -0.25) is 4.79 Å². The molecule has 3 N–H and O–H groups in total. The number of aliphatic hydroxyl groups excluding tert-OH is 1. The maximum Gasteiger partial charge on any atom is 0.387 e. The number of nitrogens with one attached hydrogen (secondary N) is 2. The quantitative estimate of drug-likeness (QED) is 0.742. The first-order valence-electron chi connectivity index (χ1n) is 6.27. The first kappa shape index (κ1) is 14.7. The Hall–Kier alpha value is -1.73. The molecular weight excluding hydrogens is 270 g/mol. The number of rotatable bonds is 5. The van der Waals surface area contributed by atoms with Crippen LogP contribution in [0.3, 0.4) is 0 Å². The van der Waals surface area contributed by atoms with E-state index in [-0.39, 0.29) is 18.2 Å². The average molecular weight is 286 g/mol. The van der Waals surface area contributed by atoms with Gasteiger partial charge >= 0.3 is 6.61 Å². The SMILES string of the molecule is O=C(NCc1cccc(OC(F)F)c1)C1CC(O)CN1. The molecule has 1 saturated heterocycles. The Morgan fingerprint density at radius 2 is 2.35 bits per heavy atom. The number of benzene rings is 1. The van der Waals surface area contributed by atoms with Crippen LogP contribution in [0.25, 0.3) is 0 Å². The number of ether oxygens (including phenoxy) is 1. The Bertz CT molecular complexity index is 471. The second kappa shape index (κ2) is 6.62. The molecule has 1 amide bonds. The van der Waals surface area contributed by atoms with E-state index in [0.29, 0.717) is 18.5 Å². The minimum absolute atomic E-state index is 0.0566. The largest absolute Gasteiger partial charge is 0.435 e. The van der Waals surface area contributed by atoms with Crippen molar-refractivity contribution in [2.24, 2.45) is 0 Å². The molecule has 0 radical (unpaired) electrons. The highest BCUT2D eigenvalue weighted by Crippen LogP contribution is 2.16. The van der Waals surface area contributed by atoms with Crippen LogP contribution < -0.4 is 15.4 Å². The number of amides is 1. The molecule has 7 heteroatoms. The number of hydrogen-bond acceptors (Lipinski definition) is 4. The minimum Gasteiger partial charge on any atom is -0.435 e. The van der Waals surface area contributed by atoms with Crippen molar-refractivity contribution < 1.29 is 23.4 Å². The van der Waals surface area contributed by atoms with Crippen LogP contribution in [0.1, 0.15) is 12.0 Å². The number of halogens is 2. The third kappa shape index (κ3) is 4.14. The molecule has 0 bridgehead atoms. The predicted octanol–water partition coefficient (Wildman–Crippen LogP) is 0.627. The summed E-state index contributed by atoms with van der Waals surface area (Å²) in [4.78, 5) is 11.8. The fraction of sp³-hybridized carbons (Fsp3) is 0.462. The molecule has 2 rings (SSSR count). The summed E-state index contributed by atoms with van der Waals surface area (Å²) in [6, 6.07) is 5.74. The summed E-state index contributed by atoms with van der Waals surface area (Å²) in [5.74, 6) is -0.164. The summed E-state index contributed by atoms with van der Waals surface area (Å²) in [5, 5.41) is 14.9. The Labute approximate surface area is 114 Å². The van der Waals surface area contributed by atoms with E-state index in [9.17, 15) is 18.7 Å². The van der Waals surface area contributed by atoms with E-state index in [0.717, 1.165) is 0 Å². The smallest absolute Gasteiger partial charge is 0.387 e. The van der Waals surface area contributed by atoms with Crippen LogP contribution in [-0.2, 0) is 11.3 Å². The zero-order chi connectivity index (χ0) is 14.5. The molecule has 20 heavy (non-hydrogen) atoms. The third-order valence-corrected chi connectivity index (χ3v) is 3.01. The minimum atomic E-state index is -2.87. The van der Waals surface area contributed by atoms with E-state index in [4.69, 9.17) is 0 Å². The summed E-state index contributed by atoms with van der Waals surface area (Å²) in [5.41, 5.74) is 0.662. The number of carbonyl (C=O) groups is 1. The van der Waals surface area contributed by atoms with Crippen LogP contribution in [-0.4, -0.2) is 36.3 Å². The van der Waals surface area contributed by atoms with E-state index in [1.165, 1.54) is 12.1 Å². The first-order chi connectivity index (χ1) is 9.54. The standard InChI is InChI=1S/C13H16F2N2O3/c14-13(15)20-10-3-1-2-8(4-10)6-17-12(19)11-5-9(18)7-16-11/h1-4,9,11,13,16,18H,5-7H2,(H,17,19). The molecule has 1 fully saturated rings.